The molecule has 1 unspecified atom stereocenters. The van der Waals surface area contributed by atoms with Gasteiger partial charge in [0.15, 0.2) is 0 Å². The molecule has 0 aromatic carbocycles. The molecule has 2 atom stereocenters. The van der Waals surface area contributed by atoms with Crippen molar-refractivity contribution in [1.29, 1.82) is 0 Å². The van der Waals surface area contributed by atoms with Crippen LogP contribution in [-0.4, -0.2) is 31.0 Å². The normalized spacial score (nSPS) is 12.8. The Balaban J connectivity index is 0. The number of hydrogen-bond donors (Lipinski definition) is 2. The molecule has 0 fully saturated rings. The van der Waals surface area contributed by atoms with Crippen LogP contribution in [0.1, 0.15) is 20.8 Å². The number of alkyl halides is 1. The number of nitrogens with one attached hydrogen (secondary N) is 1. The van der Waals surface area contributed by atoms with Crippen LogP contribution in [-0.2, 0) is 13.8 Å². The largest absolute Gasteiger partial charge is 0.494 e. The van der Waals surface area contributed by atoms with E-state index in [9.17, 15) is 13.8 Å². The summed E-state index contributed by atoms with van der Waals surface area (Å²) < 4.78 is 31.9. The maximum atomic E-state index is 12.9. The lowest BCUT2D eigenvalue weighted by Gasteiger charge is -2.19. The summed E-state index contributed by atoms with van der Waals surface area (Å²) in [6, 6.07) is 0. The molecule has 0 heterocycles. The highest BCUT2D eigenvalue weighted by molar-refractivity contribution is 7.17. The first-order valence-electron chi connectivity index (χ1n) is 4.45. The number of hydrogen-bond acceptors (Lipinski definition) is 5. The van der Waals surface area contributed by atoms with Crippen molar-refractivity contribution >= 4 is 14.8 Å². The van der Waals surface area contributed by atoms with E-state index in [0.717, 1.165) is 0 Å². The Morgan fingerprint density at radius 3 is 2.50 bits per heavy atom. The summed E-state index contributed by atoms with van der Waals surface area (Å²) in [6.07, 6.45) is -2.08. The summed E-state index contributed by atoms with van der Waals surface area (Å²) in [4.78, 5) is 11.0. The molecule has 0 rings (SSSR count). The lowest BCUT2D eigenvalue weighted by molar-refractivity contribution is 0.0507. The topological polar surface area (TPSA) is 99.6 Å². The number of carbonyl (C=O) groups excluding carboxylic acids is 1. The summed E-state index contributed by atoms with van der Waals surface area (Å²) in [7, 11) is -0.993. The fourth-order valence-electron chi connectivity index (χ4n) is 0.692. The average molecular weight is 257 g/mol. The lowest BCUT2D eigenvalue weighted by atomic mass is 10.2. The second kappa shape index (κ2) is 8.38. The monoisotopic (exact) mass is 257 g/mol. The molecule has 8 heteroatoms. The van der Waals surface area contributed by atoms with Gasteiger partial charge in [-0.3, -0.25) is 0 Å². The molecule has 0 saturated carbocycles. The van der Waals surface area contributed by atoms with Crippen LogP contribution in [0.15, 0.2) is 0 Å². The molecule has 0 aliphatic rings. The minimum Gasteiger partial charge on any atom is -0.444 e. The van der Waals surface area contributed by atoms with Crippen molar-refractivity contribution in [3.05, 3.63) is 0 Å². The van der Waals surface area contributed by atoms with Gasteiger partial charge < -0.3 is 16.2 Å². The highest BCUT2D eigenvalue weighted by atomic mass is 31.1. The highest BCUT2D eigenvalue weighted by Gasteiger charge is 2.17. The first kappa shape index (κ1) is 17.6. The highest BCUT2D eigenvalue weighted by Crippen LogP contribution is 2.06. The van der Waals surface area contributed by atoms with Crippen molar-refractivity contribution in [2.24, 2.45) is 0 Å². The van der Waals surface area contributed by atoms with Crippen molar-refractivity contribution in [2.75, 3.05) is 13.2 Å². The van der Waals surface area contributed by atoms with Crippen LogP contribution in [0.4, 0.5) is 9.18 Å². The van der Waals surface area contributed by atoms with E-state index in [1.54, 1.807) is 20.8 Å². The first-order chi connectivity index (χ1) is 6.85. The maximum absolute atomic E-state index is 12.9. The maximum Gasteiger partial charge on any atom is 0.494 e. The minimum atomic E-state index is -1.39. The van der Waals surface area contributed by atoms with Crippen molar-refractivity contribution in [3.8, 4) is 0 Å². The molecule has 6 nitrogen and oxygen atoms in total. The van der Waals surface area contributed by atoms with Crippen molar-refractivity contribution in [1.82, 2.24) is 11.5 Å². The van der Waals surface area contributed by atoms with E-state index < -0.39 is 26.6 Å². The summed E-state index contributed by atoms with van der Waals surface area (Å²) in [5.41, 5.74) is -0.608. The second-order valence-electron chi connectivity index (χ2n) is 3.87. The zero-order valence-corrected chi connectivity index (χ0v) is 10.7. The summed E-state index contributed by atoms with van der Waals surface area (Å²) in [5.74, 6) is 0. The van der Waals surface area contributed by atoms with Crippen LogP contribution < -0.4 is 11.5 Å². The molecular weight excluding hydrogens is 238 g/mol. The van der Waals surface area contributed by atoms with E-state index in [1.165, 1.54) is 0 Å². The van der Waals surface area contributed by atoms with Gasteiger partial charge in [-0.15, -0.1) is 4.52 Å². The lowest BCUT2D eigenvalue weighted by Crippen LogP contribution is -2.36. The summed E-state index contributed by atoms with van der Waals surface area (Å²) >= 11 is 0. The van der Waals surface area contributed by atoms with Gasteiger partial charge in [-0.1, -0.05) is 0 Å². The zero-order valence-electron chi connectivity index (χ0n) is 9.71. The van der Waals surface area contributed by atoms with E-state index in [2.05, 4.69) is 9.84 Å². The Bertz CT molecular complexity index is 223. The van der Waals surface area contributed by atoms with Gasteiger partial charge in [0, 0.05) is 0 Å². The zero-order chi connectivity index (χ0) is 11.9. The third kappa shape index (κ3) is 11.3. The smallest absolute Gasteiger partial charge is 0.444 e. The molecule has 0 aromatic heterocycles. The molecule has 0 aliphatic carbocycles. The van der Waals surface area contributed by atoms with Gasteiger partial charge in [0.25, 0.3) is 0 Å². The van der Waals surface area contributed by atoms with Gasteiger partial charge in [0.05, 0.1) is 6.54 Å². The van der Waals surface area contributed by atoms with Crippen LogP contribution >= 0.6 is 8.69 Å². The molecule has 0 spiro atoms. The third-order valence-electron chi connectivity index (χ3n) is 1.19. The molecule has 0 bridgehead atoms. The van der Waals surface area contributed by atoms with Gasteiger partial charge in [-0.2, -0.15) is 0 Å². The number of amides is 1. The number of rotatable bonds is 5. The van der Waals surface area contributed by atoms with E-state index in [0.29, 0.717) is 0 Å². The van der Waals surface area contributed by atoms with Crippen molar-refractivity contribution in [2.45, 2.75) is 32.5 Å². The van der Waals surface area contributed by atoms with Crippen LogP contribution in [0.5, 0.6) is 0 Å². The molecular formula is C8H19FN2O4P+. The second-order valence-corrected chi connectivity index (χ2v) is 4.33. The molecule has 0 aromatic rings. The van der Waals surface area contributed by atoms with Gasteiger partial charge in [-0.05, 0) is 25.3 Å². The van der Waals surface area contributed by atoms with Gasteiger partial charge >= 0.3 is 14.8 Å². The van der Waals surface area contributed by atoms with Crippen molar-refractivity contribution in [3.63, 3.8) is 0 Å². The van der Waals surface area contributed by atoms with Gasteiger partial charge in [-0.25, -0.2) is 9.18 Å². The number of halogens is 1. The summed E-state index contributed by atoms with van der Waals surface area (Å²) in [5, 5.41) is 2.23. The van der Waals surface area contributed by atoms with E-state index >= 15 is 0 Å². The molecule has 4 N–H and O–H groups in total. The fourth-order valence-corrected chi connectivity index (χ4v) is 0.941. The van der Waals surface area contributed by atoms with E-state index in [4.69, 9.17) is 4.74 Å². The Hall–Kier alpha value is -0.780. The molecule has 1 amide bonds. The van der Waals surface area contributed by atoms with E-state index in [-0.39, 0.29) is 19.3 Å². The number of carbonyl (C=O) groups is 1. The first-order valence-corrected chi connectivity index (χ1v) is 5.26. The fraction of sp³-hybridized carbons (Fsp3) is 0.875. The van der Waals surface area contributed by atoms with Crippen LogP contribution in [0.25, 0.3) is 0 Å². The van der Waals surface area contributed by atoms with Crippen molar-refractivity contribution < 1.29 is 23.0 Å². The number of alkyl carbamates (subject to hydrolysis) is 1. The molecule has 0 radical (unpaired) electrons. The van der Waals surface area contributed by atoms with Crippen LogP contribution in [0.3, 0.4) is 0 Å². The predicted molar refractivity (Wildman–Crippen MR) is 59.1 cm³/mol. The number of ether oxygens (including phenoxy) is 1. The van der Waals surface area contributed by atoms with Gasteiger partial charge in [0.2, 0.25) is 0 Å². The molecule has 96 valence electrons. The average Bonchev–Trinajstić information content (AvgIpc) is 2.08. The predicted octanol–water partition coefficient (Wildman–Crippen LogP) is 1.97. The summed E-state index contributed by atoms with van der Waals surface area (Å²) in [6.45, 7) is 4.60. The molecule has 0 saturated heterocycles. The van der Waals surface area contributed by atoms with Crippen LogP contribution in [0.2, 0.25) is 0 Å². The van der Waals surface area contributed by atoms with E-state index in [1.807, 2.05) is 0 Å². The molecule has 16 heavy (non-hydrogen) atoms. The Kier molecular flexibility index (Phi) is 9.22. The standard InChI is InChI=1S/C8H15FNO4P.H3N/c1-8(2,3)14-7(11)10-4-6(9)5-13-15-12;/h6,15H,4-5H2,1-3H3;1H3/p+1/t6-;/m0./s1. The van der Waals surface area contributed by atoms with Gasteiger partial charge in [0.1, 0.15) is 18.4 Å². The quantitative estimate of drug-likeness (QED) is 0.733. The Morgan fingerprint density at radius 2 is 2.06 bits per heavy atom. The molecule has 0 aliphatic heterocycles. The Labute approximate surface area is 95.7 Å². The SMILES string of the molecule is CC(C)(C)OC(=O)NC[C@H](F)CO[PH+]=O.N. The Morgan fingerprint density at radius 1 is 1.50 bits per heavy atom. The third-order valence-corrected chi connectivity index (χ3v) is 1.47. The minimum absolute atomic E-state index is 0. The van der Waals surface area contributed by atoms with Crippen LogP contribution in [0, 0.1) is 0 Å².